The van der Waals surface area contributed by atoms with Crippen molar-refractivity contribution in [1.29, 1.82) is 0 Å². The van der Waals surface area contributed by atoms with Crippen molar-refractivity contribution in [2.24, 2.45) is 5.92 Å². The second-order valence-corrected chi connectivity index (χ2v) is 15.1. The molecule has 3 N–H and O–H groups in total. The minimum absolute atomic E-state index is 0.0164. The minimum Gasteiger partial charge on any atom is -0.490 e. The summed E-state index contributed by atoms with van der Waals surface area (Å²) in [5, 5.41) is 19.1. The molecule has 17 heteroatoms. The van der Waals surface area contributed by atoms with E-state index in [2.05, 4.69) is 15.8 Å². The van der Waals surface area contributed by atoms with Crippen LogP contribution in [-0.4, -0.2) is 91.4 Å². The van der Waals surface area contributed by atoms with Gasteiger partial charge in [0.05, 0.1) is 36.0 Å². The number of rotatable bonds is 8. The van der Waals surface area contributed by atoms with Crippen LogP contribution < -0.4 is 15.4 Å². The summed E-state index contributed by atoms with van der Waals surface area (Å²) in [4.78, 5) is 28.6. The van der Waals surface area contributed by atoms with E-state index in [9.17, 15) is 36.3 Å². The fraction of sp³-hybridized carbons (Fsp3) is 0.514. The molecular formula is C35H46F3N5O8S. The van der Waals surface area contributed by atoms with Crippen LogP contribution in [0.25, 0.3) is 0 Å². The molecule has 2 heterocycles. The van der Waals surface area contributed by atoms with E-state index in [1.54, 1.807) is 19.9 Å². The highest BCUT2D eigenvalue weighted by Gasteiger charge is 2.35. The zero-order chi connectivity index (χ0) is 38.4. The van der Waals surface area contributed by atoms with Gasteiger partial charge in [-0.25, -0.2) is 13.2 Å². The Labute approximate surface area is 301 Å². The molecule has 1 aromatic heterocycles. The number of nitrogens with zero attached hydrogens (tertiary/aromatic N) is 3. The lowest BCUT2D eigenvalue weighted by atomic mass is 10.0. The summed E-state index contributed by atoms with van der Waals surface area (Å²) < 4.78 is 84.8. The second kappa shape index (κ2) is 17.1. The molecule has 0 bridgehead atoms. The Bertz CT molecular complexity index is 1780. The molecule has 0 saturated heterocycles. The van der Waals surface area contributed by atoms with E-state index in [-0.39, 0.29) is 64.8 Å². The summed E-state index contributed by atoms with van der Waals surface area (Å²) in [7, 11) is -2.56. The Kier molecular flexibility index (Phi) is 13.3. The fourth-order valence-corrected chi connectivity index (χ4v) is 7.32. The zero-order valence-electron chi connectivity index (χ0n) is 30.0. The number of nitrogens with one attached hydrogen (secondary N) is 2. The maximum absolute atomic E-state index is 14.4. The van der Waals surface area contributed by atoms with Crippen molar-refractivity contribution in [3.8, 4) is 5.75 Å². The molecule has 4 rings (SSSR count). The van der Waals surface area contributed by atoms with Gasteiger partial charge < -0.3 is 34.6 Å². The number of alkyl halides is 3. The number of sulfonamides is 1. The molecule has 1 aliphatic rings. The van der Waals surface area contributed by atoms with Crippen molar-refractivity contribution in [1.82, 2.24) is 14.4 Å². The van der Waals surface area contributed by atoms with Crippen LogP contribution >= 0.6 is 0 Å². The van der Waals surface area contributed by atoms with Gasteiger partial charge in [-0.3, -0.25) is 4.79 Å². The van der Waals surface area contributed by atoms with E-state index in [4.69, 9.17) is 14.0 Å². The van der Waals surface area contributed by atoms with Crippen molar-refractivity contribution in [3.05, 3.63) is 65.0 Å². The monoisotopic (exact) mass is 753 g/mol. The number of fused-ring (bicyclic) bond motifs is 1. The lowest BCUT2D eigenvalue weighted by molar-refractivity contribution is -0.137. The maximum Gasteiger partial charge on any atom is 0.416 e. The molecule has 2 aromatic carbocycles. The molecule has 0 fully saturated rings. The van der Waals surface area contributed by atoms with Crippen molar-refractivity contribution in [2.75, 3.05) is 44.0 Å². The number of aromatic nitrogens is 1. The lowest BCUT2D eigenvalue weighted by Crippen LogP contribution is -2.48. The van der Waals surface area contributed by atoms with Gasteiger partial charge in [-0.15, -0.1) is 0 Å². The van der Waals surface area contributed by atoms with Crippen LogP contribution in [0.5, 0.6) is 5.75 Å². The molecule has 0 radical (unpaired) electrons. The normalized spacial score (nSPS) is 20.1. The third kappa shape index (κ3) is 10.0. The molecule has 4 atom stereocenters. The molecule has 0 aliphatic carbocycles. The van der Waals surface area contributed by atoms with Crippen LogP contribution in [0, 0.1) is 19.8 Å². The highest BCUT2D eigenvalue weighted by Crippen LogP contribution is 2.31. The Morgan fingerprint density at radius 3 is 2.37 bits per heavy atom. The van der Waals surface area contributed by atoms with Gasteiger partial charge in [0.25, 0.3) is 5.91 Å². The third-order valence-electron chi connectivity index (χ3n) is 8.85. The molecule has 286 valence electrons. The number of carbonyl (C=O) groups is 2. The smallest absolute Gasteiger partial charge is 0.416 e. The van der Waals surface area contributed by atoms with Gasteiger partial charge >= 0.3 is 12.2 Å². The van der Waals surface area contributed by atoms with Crippen molar-refractivity contribution in [2.45, 2.75) is 83.2 Å². The molecule has 1 aliphatic heterocycles. The first-order valence-corrected chi connectivity index (χ1v) is 18.3. The van der Waals surface area contributed by atoms with E-state index in [0.29, 0.717) is 19.4 Å². The summed E-state index contributed by atoms with van der Waals surface area (Å²) in [6.07, 6.45) is -3.50. The Balaban J connectivity index is 1.61. The van der Waals surface area contributed by atoms with Gasteiger partial charge in [0.2, 0.25) is 10.0 Å². The van der Waals surface area contributed by atoms with Crippen LogP contribution in [-0.2, 0) is 20.9 Å². The number of ether oxygens (including phenoxy) is 2. The number of urea groups is 1. The van der Waals surface area contributed by atoms with Crippen LogP contribution in [0.2, 0.25) is 0 Å². The van der Waals surface area contributed by atoms with Gasteiger partial charge in [0.15, 0.2) is 5.76 Å². The highest BCUT2D eigenvalue weighted by atomic mass is 32.2. The van der Waals surface area contributed by atoms with Gasteiger partial charge in [0.1, 0.15) is 16.3 Å². The average Bonchev–Trinajstić information content (AvgIpc) is 3.43. The van der Waals surface area contributed by atoms with Crippen LogP contribution in [0.1, 0.15) is 67.4 Å². The molecule has 3 amide bonds. The fourth-order valence-electron chi connectivity index (χ4n) is 5.85. The number of aliphatic hydroxyl groups is 1. The van der Waals surface area contributed by atoms with Crippen LogP contribution in [0.3, 0.4) is 0 Å². The van der Waals surface area contributed by atoms with Crippen molar-refractivity contribution < 1.29 is 50.3 Å². The van der Waals surface area contributed by atoms with Gasteiger partial charge in [-0.2, -0.15) is 17.5 Å². The Hall–Kier alpha value is -4.19. The number of halogens is 3. The third-order valence-corrected chi connectivity index (χ3v) is 10.9. The van der Waals surface area contributed by atoms with E-state index in [1.807, 2.05) is 13.8 Å². The number of aliphatic hydroxyl groups excluding tert-OH is 1. The van der Waals surface area contributed by atoms with Gasteiger partial charge in [-0.1, -0.05) is 12.1 Å². The van der Waals surface area contributed by atoms with E-state index < -0.39 is 51.8 Å². The quantitative estimate of drug-likeness (QED) is 0.248. The summed E-state index contributed by atoms with van der Waals surface area (Å²) in [5.74, 6) is -0.528. The summed E-state index contributed by atoms with van der Waals surface area (Å²) >= 11 is 0. The predicted molar refractivity (Wildman–Crippen MR) is 187 cm³/mol. The lowest BCUT2D eigenvalue weighted by Gasteiger charge is -2.35. The second-order valence-electron chi connectivity index (χ2n) is 13.1. The molecular weight excluding hydrogens is 707 g/mol. The Morgan fingerprint density at radius 2 is 1.75 bits per heavy atom. The topological polar surface area (TPSA) is 164 Å². The number of anilines is 2. The Morgan fingerprint density at radius 1 is 1.10 bits per heavy atom. The van der Waals surface area contributed by atoms with Crippen LogP contribution in [0.4, 0.5) is 29.3 Å². The first kappa shape index (κ1) is 40.6. The zero-order valence-corrected chi connectivity index (χ0v) is 30.8. The van der Waals surface area contributed by atoms with Crippen molar-refractivity contribution >= 4 is 33.3 Å². The van der Waals surface area contributed by atoms with Gasteiger partial charge in [0, 0.05) is 44.0 Å². The minimum atomic E-state index is -4.52. The summed E-state index contributed by atoms with van der Waals surface area (Å²) in [6, 6.07) is 7.03. The number of amides is 3. The van der Waals surface area contributed by atoms with E-state index in [1.165, 1.54) is 35.3 Å². The number of aryl methyl sites for hydroxylation is 2. The first-order chi connectivity index (χ1) is 24.4. The number of carbonyl (C=O) groups excluding carboxylic acids is 2. The SMILES string of the molecule is Cc1noc(C)c1S(=O)(=O)N(C)C[C@H]1OCCCC[C@@H](C)Oc2ccc(NC(=O)Nc3ccc(C(F)(F)F)cc3)cc2C(=O)N([C@@H](C)CO)C[C@@H]1C. The standard InChI is InChI=1S/C35H46F3N5O8S/c1-21-18-43(22(2)20-44)33(45)29-17-28(40-34(46)39-27-12-10-26(11-13-27)35(36,37)38)14-15-30(29)50-23(3)9-7-8-16-49-31(21)19-42(6)52(47,48)32-24(4)41-51-25(32)5/h10-15,17,21-23,31,44H,7-9,16,18-20H2,1-6H3,(H2,39,40,46)/t21-,22-,23+,31+/m0/s1. The molecule has 0 unspecified atom stereocenters. The largest absolute Gasteiger partial charge is 0.490 e. The first-order valence-electron chi connectivity index (χ1n) is 16.9. The molecule has 52 heavy (non-hydrogen) atoms. The molecule has 0 spiro atoms. The summed E-state index contributed by atoms with van der Waals surface area (Å²) in [6.45, 7) is 8.41. The van der Waals surface area contributed by atoms with Crippen molar-refractivity contribution in [3.63, 3.8) is 0 Å². The number of hydrogen-bond donors (Lipinski definition) is 3. The maximum atomic E-state index is 14.4. The summed E-state index contributed by atoms with van der Waals surface area (Å²) in [5.41, 5.74) is -0.208. The van der Waals surface area contributed by atoms with E-state index >= 15 is 0 Å². The van der Waals surface area contributed by atoms with Gasteiger partial charge in [-0.05, 0) is 89.4 Å². The number of hydrogen-bond acceptors (Lipinski definition) is 9. The number of benzene rings is 2. The number of likely N-dealkylation sites (N-methyl/N-ethyl adjacent to an activating group) is 1. The molecule has 13 nitrogen and oxygen atoms in total. The van der Waals surface area contributed by atoms with E-state index in [0.717, 1.165) is 30.7 Å². The van der Waals surface area contributed by atoms with Crippen LogP contribution in [0.15, 0.2) is 51.9 Å². The highest BCUT2D eigenvalue weighted by molar-refractivity contribution is 7.89. The average molecular weight is 754 g/mol. The molecule has 3 aromatic rings. The predicted octanol–water partition coefficient (Wildman–Crippen LogP) is 6.07. The molecule has 0 saturated carbocycles.